The Balaban J connectivity index is 1.94. The molecule has 0 radical (unpaired) electrons. The minimum absolute atomic E-state index is 0.0450. The van der Waals surface area contributed by atoms with E-state index in [0.29, 0.717) is 11.1 Å². The predicted molar refractivity (Wildman–Crippen MR) is 112 cm³/mol. The van der Waals surface area contributed by atoms with Crippen molar-refractivity contribution >= 4 is 39.3 Å². The quantitative estimate of drug-likeness (QED) is 0.544. The van der Waals surface area contributed by atoms with E-state index in [9.17, 15) is 9.59 Å². The largest absolute Gasteiger partial charge is 0.463 e. The van der Waals surface area contributed by atoms with Crippen LogP contribution in [0.5, 0.6) is 0 Å². The predicted octanol–water partition coefficient (Wildman–Crippen LogP) is 3.95. The molecule has 1 aliphatic rings. The molecule has 0 aliphatic carbocycles. The molecule has 5 rings (SSSR count). The summed E-state index contributed by atoms with van der Waals surface area (Å²) in [5.74, 6) is -0.796. The molecule has 1 N–H and O–H groups in total. The Labute approximate surface area is 167 Å². The van der Waals surface area contributed by atoms with Crippen molar-refractivity contribution in [2.45, 2.75) is 19.3 Å². The van der Waals surface area contributed by atoms with Gasteiger partial charge < -0.3 is 9.72 Å². The smallest absolute Gasteiger partial charge is 0.338 e. The molecule has 2 heterocycles. The summed E-state index contributed by atoms with van der Waals surface area (Å²) in [7, 11) is 0. The zero-order chi connectivity index (χ0) is 20.0. The number of ether oxygens (including phenoxy) is 1. The van der Waals surface area contributed by atoms with E-state index in [1.807, 2.05) is 66.7 Å². The van der Waals surface area contributed by atoms with Crippen LogP contribution in [-0.2, 0) is 9.53 Å². The lowest BCUT2D eigenvalue weighted by molar-refractivity contribution is -0.136. The molecule has 0 spiro atoms. The van der Waals surface area contributed by atoms with Crippen LogP contribution in [0.1, 0.15) is 29.6 Å². The van der Waals surface area contributed by atoms with Gasteiger partial charge in [0.2, 0.25) is 5.91 Å². The van der Waals surface area contributed by atoms with Gasteiger partial charge in [-0.25, -0.2) is 4.79 Å². The van der Waals surface area contributed by atoms with Gasteiger partial charge in [0, 0.05) is 23.2 Å². The van der Waals surface area contributed by atoms with Gasteiger partial charge in [0.15, 0.2) is 0 Å². The second-order valence-corrected chi connectivity index (χ2v) is 7.19. The summed E-state index contributed by atoms with van der Waals surface area (Å²) in [4.78, 5) is 29.7. The number of esters is 1. The normalized spacial score (nSPS) is 16.2. The summed E-state index contributed by atoms with van der Waals surface area (Å²) in [5.41, 5.74) is 3.59. The number of rotatable bonds is 3. The summed E-state index contributed by atoms with van der Waals surface area (Å²) in [5, 5.41) is 2.02. The van der Waals surface area contributed by atoms with Crippen LogP contribution in [0.4, 0.5) is 0 Å². The van der Waals surface area contributed by atoms with Crippen molar-refractivity contribution in [1.82, 2.24) is 9.55 Å². The van der Waals surface area contributed by atoms with Crippen LogP contribution in [-0.4, -0.2) is 28.0 Å². The van der Waals surface area contributed by atoms with E-state index in [-0.39, 0.29) is 24.9 Å². The number of fused-ring (bicyclic) bond motifs is 2. The lowest BCUT2D eigenvalue weighted by Crippen LogP contribution is -2.41. The number of hydrogen-bond donors (Lipinski definition) is 1. The molecule has 0 saturated carbocycles. The Morgan fingerprint density at radius 3 is 2.59 bits per heavy atom. The number of hydrogen-bond acceptors (Lipinski definition) is 3. The number of benzene rings is 3. The highest BCUT2D eigenvalue weighted by atomic mass is 16.5. The van der Waals surface area contributed by atoms with E-state index < -0.39 is 5.97 Å². The Morgan fingerprint density at radius 2 is 1.83 bits per heavy atom. The maximum atomic E-state index is 13.3. The lowest BCUT2D eigenvalue weighted by Gasteiger charge is -2.26. The van der Waals surface area contributed by atoms with Crippen LogP contribution in [0.25, 0.3) is 27.4 Å². The zero-order valence-electron chi connectivity index (χ0n) is 16.0. The molecule has 144 valence electrons. The lowest BCUT2D eigenvalue weighted by atomic mass is 9.86. The molecule has 1 aromatic heterocycles. The Morgan fingerprint density at radius 1 is 1.07 bits per heavy atom. The number of aromatic amines is 1. The van der Waals surface area contributed by atoms with Crippen molar-refractivity contribution in [1.29, 1.82) is 0 Å². The number of carbonyl (C=O) groups is 2. The first-order valence-corrected chi connectivity index (χ1v) is 9.77. The van der Waals surface area contributed by atoms with Gasteiger partial charge in [-0.1, -0.05) is 54.6 Å². The SMILES string of the molecule is CCOC(=O)C1=c2[nH]c3cccc4cccc(c43)n2C(=O)CC1c1ccccc1. The molecule has 29 heavy (non-hydrogen) atoms. The van der Waals surface area contributed by atoms with Crippen molar-refractivity contribution in [2.75, 3.05) is 6.61 Å². The molecular weight excluding hydrogens is 364 g/mol. The molecule has 0 saturated heterocycles. The molecule has 0 amide bonds. The second-order valence-electron chi connectivity index (χ2n) is 7.19. The van der Waals surface area contributed by atoms with Gasteiger partial charge in [0.05, 0.1) is 17.7 Å². The fourth-order valence-electron chi connectivity index (χ4n) is 4.31. The standard InChI is InChI=1S/C24H20N2O3/c1-2-29-24(28)22-17(15-8-4-3-5-9-15)14-20(27)26-19-13-7-11-16-10-6-12-18(21(16)19)25-23(22)26/h3-13,17,25H,2,14H2,1H3. The van der Waals surface area contributed by atoms with Crippen LogP contribution in [0.3, 0.4) is 0 Å². The Hall–Kier alpha value is -3.60. The average Bonchev–Trinajstić information content (AvgIpc) is 2.74. The average molecular weight is 384 g/mol. The summed E-state index contributed by atoms with van der Waals surface area (Å²) in [6.07, 6.45) is 0.210. The summed E-state index contributed by atoms with van der Waals surface area (Å²) in [6, 6.07) is 21.5. The fraction of sp³-hybridized carbons (Fsp3) is 0.167. The van der Waals surface area contributed by atoms with Gasteiger partial charge in [0.1, 0.15) is 5.48 Å². The van der Waals surface area contributed by atoms with Gasteiger partial charge in [-0.2, -0.15) is 0 Å². The van der Waals surface area contributed by atoms with Crippen LogP contribution in [0.2, 0.25) is 0 Å². The minimum Gasteiger partial charge on any atom is -0.463 e. The number of H-pyrrole nitrogens is 1. The second kappa shape index (κ2) is 6.78. The Kier molecular flexibility index (Phi) is 4.09. The highest BCUT2D eigenvalue weighted by Crippen LogP contribution is 2.33. The first-order valence-electron chi connectivity index (χ1n) is 9.77. The van der Waals surface area contributed by atoms with Crippen LogP contribution in [0.15, 0.2) is 66.7 Å². The van der Waals surface area contributed by atoms with Crippen LogP contribution in [0, 0.1) is 0 Å². The van der Waals surface area contributed by atoms with Crippen molar-refractivity contribution in [2.24, 2.45) is 0 Å². The maximum absolute atomic E-state index is 13.3. The van der Waals surface area contributed by atoms with Crippen molar-refractivity contribution in [3.05, 3.63) is 77.8 Å². The van der Waals surface area contributed by atoms with Gasteiger partial charge in [-0.05, 0) is 30.0 Å². The molecule has 5 heteroatoms. The monoisotopic (exact) mass is 384 g/mol. The summed E-state index contributed by atoms with van der Waals surface area (Å²) < 4.78 is 7.04. The summed E-state index contributed by atoms with van der Waals surface area (Å²) >= 11 is 0. The van der Waals surface area contributed by atoms with E-state index in [0.717, 1.165) is 27.4 Å². The van der Waals surface area contributed by atoms with E-state index in [4.69, 9.17) is 4.74 Å². The first kappa shape index (κ1) is 17.5. The van der Waals surface area contributed by atoms with E-state index >= 15 is 0 Å². The van der Waals surface area contributed by atoms with Crippen molar-refractivity contribution in [3.8, 4) is 0 Å². The van der Waals surface area contributed by atoms with Crippen LogP contribution < -0.4 is 5.48 Å². The topological polar surface area (TPSA) is 64.1 Å². The zero-order valence-corrected chi connectivity index (χ0v) is 16.0. The maximum Gasteiger partial charge on any atom is 0.338 e. The van der Waals surface area contributed by atoms with E-state index in [1.54, 1.807) is 11.5 Å². The Bertz CT molecular complexity index is 1320. The van der Waals surface area contributed by atoms with Gasteiger partial charge in [-0.15, -0.1) is 0 Å². The number of nitrogens with one attached hydrogen (secondary N) is 1. The molecule has 3 aromatic carbocycles. The number of nitrogens with zero attached hydrogens (tertiary/aromatic N) is 1. The number of aromatic nitrogens is 2. The highest BCUT2D eigenvalue weighted by molar-refractivity contribution is 6.16. The third-order valence-electron chi connectivity index (χ3n) is 5.53. The first-order chi connectivity index (χ1) is 14.2. The molecule has 1 atom stereocenters. The molecule has 0 fully saturated rings. The van der Waals surface area contributed by atoms with Gasteiger partial charge in [-0.3, -0.25) is 9.36 Å². The summed E-state index contributed by atoms with van der Waals surface area (Å²) in [6.45, 7) is 2.06. The molecule has 1 unspecified atom stereocenters. The molecule has 5 nitrogen and oxygen atoms in total. The molecular formula is C24H20N2O3. The third kappa shape index (κ3) is 2.70. The third-order valence-corrected chi connectivity index (χ3v) is 5.53. The van der Waals surface area contributed by atoms with E-state index in [1.165, 1.54) is 0 Å². The fourth-order valence-corrected chi connectivity index (χ4v) is 4.31. The highest BCUT2D eigenvalue weighted by Gasteiger charge is 2.34. The van der Waals surface area contributed by atoms with Gasteiger partial charge in [0.25, 0.3) is 0 Å². The van der Waals surface area contributed by atoms with E-state index in [2.05, 4.69) is 4.98 Å². The van der Waals surface area contributed by atoms with Crippen molar-refractivity contribution in [3.63, 3.8) is 0 Å². The minimum atomic E-state index is -0.395. The van der Waals surface area contributed by atoms with Crippen molar-refractivity contribution < 1.29 is 14.3 Å². The van der Waals surface area contributed by atoms with Gasteiger partial charge >= 0.3 is 5.97 Å². The number of carbonyl (C=O) groups excluding carboxylic acids is 2. The molecule has 0 bridgehead atoms. The van der Waals surface area contributed by atoms with Crippen LogP contribution >= 0.6 is 0 Å². The molecule has 1 aliphatic heterocycles. The molecule has 4 aromatic rings.